The SMILES string of the molecule is NC1C=CC(C(=O)N2CCc3ccccc3CC2)C1. The van der Waals surface area contributed by atoms with Gasteiger partial charge in [0.1, 0.15) is 0 Å². The summed E-state index contributed by atoms with van der Waals surface area (Å²) in [7, 11) is 0. The van der Waals surface area contributed by atoms with Gasteiger partial charge in [-0.1, -0.05) is 36.4 Å². The van der Waals surface area contributed by atoms with Crippen LogP contribution in [0.15, 0.2) is 36.4 Å². The third kappa shape index (κ3) is 2.56. The third-order valence-corrected chi connectivity index (χ3v) is 4.17. The van der Waals surface area contributed by atoms with E-state index in [4.69, 9.17) is 5.73 Å². The molecule has 1 aliphatic carbocycles. The zero-order valence-electron chi connectivity index (χ0n) is 11.1. The van der Waals surface area contributed by atoms with E-state index in [2.05, 4.69) is 24.3 Å². The number of nitrogens with zero attached hydrogens (tertiary/aromatic N) is 1. The van der Waals surface area contributed by atoms with Crippen LogP contribution in [0.5, 0.6) is 0 Å². The summed E-state index contributed by atoms with van der Waals surface area (Å²) >= 11 is 0. The fourth-order valence-electron chi connectivity index (χ4n) is 3.03. The molecule has 0 saturated carbocycles. The molecule has 100 valence electrons. The summed E-state index contributed by atoms with van der Waals surface area (Å²) in [5.74, 6) is 0.244. The lowest BCUT2D eigenvalue weighted by Gasteiger charge is -2.23. The molecule has 1 aliphatic heterocycles. The van der Waals surface area contributed by atoms with Crippen LogP contribution in [0.1, 0.15) is 17.5 Å². The van der Waals surface area contributed by atoms with Crippen LogP contribution in [-0.4, -0.2) is 29.9 Å². The Labute approximate surface area is 114 Å². The second-order valence-electron chi connectivity index (χ2n) is 5.48. The molecule has 3 heteroatoms. The minimum absolute atomic E-state index is 0.00351. The standard InChI is InChI=1S/C16H20N2O/c17-15-6-5-14(11-15)16(19)18-9-7-12-3-1-2-4-13(12)8-10-18/h1-6,14-15H,7-11,17H2. The van der Waals surface area contributed by atoms with Gasteiger partial charge in [-0.25, -0.2) is 0 Å². The molecule has 1 aromatic rings. The van der Waals surface area contributed by atoms with Gasteiger partial charge in [-0.05, 0) is 30.4 Å². The Bertz CT molecular complexity index is 482. The summed E-state index contributed by atoms with van der Waals surface area (Å²) in [6, 6.07) is 8.56. The van der Waals surface area contributed by atoms with Gasteiger partial charge >= 0.3 is 0 Å². The van der Waals surface area contributed by atoms with Crippen LogP contribution in [0.4, 0.5) is 0 Å². The fourth-order valence-corrected chi connectivity index (χ4v) is 3.03. The molecule has 0 spiro atoms. The molecule has 1 aromatic carbocycles. The first kappa shape index (κ1) is 12.4. The summed E-state index contributed by atoms with van der Waals surface area (Å²) in [4.78, 5) is 14.5. The van der Waals surface area contributed by atoms with E-state index in [0.717, 1.165) is 32.4 Å². The summed E-state index contributed by atoms with van der Waals surface area (Å²) in [5, 5.41) is 0. The highest BCUT2D eigenvalue weighted by molar-refractivity contribution is 5.81. The smallest absolute Gasteiger partial charge is 0.229 e. The molecule has 0 aromatic heterocycles. The van der Waals surface area contributed by atoms with Crippen molar-refractivity contribution < 1.29 is 4.79 Å². The first-order valence-corrected chi connectivity index (χ1v) is 7.03. The van der Waals surface area contributed by atoms with E-state index in [0.29, 0.717) is 0 Å². The van der Waals surface area contributed by atoms with Gasteiger partial charge in [0, 0.05) is 19.1 Å². The molecule has 1 amide bonds. The number of hydrogen-bond donors (Lipinski definition) is 1. The molecule has 1 heterocycles. The number of carbonyl (C=O) groups is 1. The average Bonchev–Trinajstić information content (AvgIpc) is 2.74. The molecule has 19 heavy (non-hydrogen) atoms. The van der Waals surface area contributed by atoms with Crippen LogP contribution >= 0.6 is 0 Å². The zero-order chi connectivity index (χ0) is 13.2. The van der Waals surface area contributed by atoms with Crippen molar-refractivity contribution in [1.82, 2.24) is 4.90 Å². The summed E-state index contributed by atoms with van der Waals surface area (Å²) in [6.07, 6.45) is 6.62. The van der Waals surface area contributed by atoms with Crippen molar-refractivity contribution in [3.05, 3.63) is 47.5 Å². The molecule has 2 aliphatic rings. The number of carbonyl (C=O) groups excluding carboxylic acids is 1. The van der Waals surface area contributed by atoms with Crippen molar-refractivity contribution in [2.45, 2.75) is 25.3 Å². The molecule has 2 unspecified atom stereocenters. The van der Waals surface area contributed by atoms with Crippen molar-refractivity contribution >= 4 is 5.91 Å². The summed E-state index contributed by atoms with van der Waals surface area (Å²) in [6.45, 7) is 1.66. The minimum Gasteiger partial charge on any atom is -0.342 e. The van der Waals surface area contributed by atoms with Crippen molar-refractivity contribution in [1.29, 1.82) is 0 Å². The molecule has 0 radical (unpaired) electrons. The highest BCUT2D eigenvalue weighted by atomic mass is 16.2. The van der Waals surface area contributed by atoms with Gasteiger partial charge in [-0.15, -0.1) is 0 Å². The quantitative estimate of drug-likeness (QED) is 0.774. The second kappa shape index (κ2) is 5.17. The van der Waals surface area contributed by atoms with Crippen LogP contribution < -0.4 is 5.73 Å². The molecule has 3 nitrogen and oxygen atoms in total. The molecule has 0 saturated heterocycles. The number of amides is 1. The van der Waals surface area contributed by atoms with Gasteiger partial charge in [0.15, 0.2) is 0 Å². The number of nitrogens with two attached hydrogens (primary N) is 1. The van der Waals surface area contributed by atoms with E-state index >= 15 is 0 Å². The van der Waals surface area contributed by atoms with Crippen LogP contribution in [-0.2, 0) is 17.6 Å². The number of fused-ring (bicyclic) bond motifs is 1. The summed E-state index contributed by atoms with van der Waals surface area (Å²) in [5.41, 5.74) is 8.61. The minimum atomic E-state index is -0.00351. The first-order chi connectivity index (χ1) is 9.24. The first-order valence-electron chi connectivity index (χ1n) is 7.03. The Kier molecular flexibility index (Phi) is 3.38. The van der Waals surface area contributed by atoms with Crippen molar-refractivity contribution in [3.8, 4) is 0 Å². The van der Waals surface area contributed by atoms with Crippen LogP contribution in [0, 0.1) is 5.92 Å². The molecule has 2 N–H and O–H groups in total. The zero-order valence-corrected chi connectivity index (χ0v) is 11.1. The predicted octanol–water partition coefficient (Wildman–Crippen LogP) is 1.52. The highest BCUT2D eigenvalue weighted by Crippen LogP contribution is 2.22. The Hall–Kier alpha value is -1.61. The lowest BCUT2D eigenvalue weighted by atomic mass is 10.0. The van der Waals surface area contributed by atoms with Gasteiger partial charge in [-0.2, -0.15) is 0 Å². The topological polar surface area (TPSA) is 46.3 Å². The van der Waals surface area contributed by atoms with E-state index < -0.39 is 0 Å². The van der Waals surface area contributed by atoms with Crippen molar-refractivity contribution in [2.24, 2.45) is 11.7 Å². The van der Waals surface area contributed by atoms with E-state index in [-0.39, 0.29) is 17.9 Å². The highest BCUT2D eigenvalue weighted by Gasteiger charge is 2.27. The molecular weight excluding hydrogens is 236 g/mol. The molecule has 2 atom stereocenters. The molecule has 3 rings (SSSR count). The monoisotopic (exact) mass is 256 g/mol. The van der Waals surface area contributed by atoms with Gasteiger partial charge in [0.05, 0.1) is 5.92 Å². The van der Waals surface area contributed by atoms with Crippen molar-refractivity contribution in [3.63, 3.8) is 0 Å². The predicted molar refractivity (Wildman–Crippen MR) is 75.7 cm³/mol. The van der Waals surface area contributed by atoms with Gasteiger partial charge in [0.2, 0.25) is 5.91 Å². The lowest BCUT2D eigenvalue weighted by molar-refractivity contribution is -0.133. The maximum atomic E-state index is 12.5. The lowest BCUT2D eigenvalue weighted by Crippen LogP contribution is -2.37. The molecule has 0 bridgehead atoms. The summed E-state index contributed by atoms with van der Waals surface area (Å²) < 4.78 is 0. The Morgan fingerprint density at radius 3 is 2.26 bits per heavy atom. The third-order valence-electron chi connectivity index (χ3n) is 4.17. The number of hydrogen-bond acceptors (Lipinski definition) is 2. The largest absolute Gasteiger partial charge is 0.342 e. The Balaban J connectivity index is 1.69. The van der Waals surface area contributed by atoms with E-state index in [1.165, 1.54) is 11.1 Å². The van der Waals surface area contributed by atoms with Crippen molar-refractivity contribution in [2.75, 3.05) is 13.1 Å². The Morgan fingerprint density at radius 2 is 1.74 bits per heavy atom. The van der Waals surface area contributed by atoms with Gasteiger partial charge in [-0.3, -0.25) is 4.79 Å². The number of benzene rings is 1. The molecule has 0 fully saturated rings. The number of rotatable bonds is 1. The normalized spacial score (nSPS) is 26.1. The van der Waals surface area contributed by atoms with Gasteiger partial charge in [0.25, 0.3) is 0 Å². The van der Waals surface area contributed by atoms with E-state index in [1.807, 2.05) is 17.1 Å². The van der Waals surface area contributed by atoms with Crippen LogP contribution in [0.2, 0.25) is 0 Å². The van der Waals surface area contributed by atoms with Crippen LogP contribution in [0.3, 0.4) is 0 Å². The van der Waals surface area contributed by atoms with Gasteiger partial charge < -0.3 is 10.6 Å². The maximum Gasteiger partial charge on any atom is 0.229 e. The van der Waals surface area contributed by atoms with Crippen LogP contribution in [0.25, 0.3) is 0 Å². The van der Waals surface area contributed by atoms with E-state index in [1.54, 1.807) is 0 Å². The molecular formula is C16H20N2O. The Morgan fingerprint density at radius 1 is 1.11 bits per heavy atom. The average molecular weight is 256 g/mol. The van der Waals surface area contributed by atoms with E-state index in [9.17, 15) is 4.79 Å². The second-order valence-corrected chi connectivity index (χ2v) is 5.48. The maximum absolute atomic E-state index is 12.5. The fraction of sp³-hybridized carbons (Fsp3) is 0.438.